The normalized spacial score (nSPS) is 16.9. The molecule has 1 aromatic carbocycles. The van der Waals surface area contributed by atoms with Gasteiger partial charge < -0.3 is 28.8 Å². The lowest BCUT2D eigenvalue weighted by molar-refractivity contribution is 0.0130. The number of pyridine rings is 2. The predicted octanol–water partition coefficient (Wildman–Crippen LogP) is 7.85. The number of nitrogens with zero attached hydrogens (tertiary/aromatic N) is 6. The maximum atomic E-state index is 16.2. The monoisotopic (exact) mass is 790 g/mol. The van der Waals surface area contributed by atoms with Gasteiger partial charge in [0.1, 0.15) is 41.0 Å². The quantitative estimate of drug-likeness (QED) is 0.107. The molecule has 1 saturated heterocycles. The molecule has 0 bridgehead atoms. The van der Waals surface area contributed by atoms with Crippen LogP contribution < -0.4 is 15.3 Å². The van der Waals surface area contributed by atoms with Crippen LogP contribution in [0.15, 0.2) is 35.3 Å². The molecule has 1 aliphatic rings. The fraction of sp³-hybridized carbons (Fsp3) is 0.486. The minimum atomic E-state index is -2.13. The average molecular weight is 791 g/mol. The Morgan fingerprint density at radius 3 is 2.30 bits per heavy atom. The van der Waals surface area contributed by atoms with Gasteiger partial charge in [-0.2, -0.15) is 4.98 Å². The Balaban J connectivity index is 1.68. The molecule has 0 radical (unpaired) electrons. The van der Waals surface area contributed by atoms with E-state index in [0.29, 0.717) is 6.07 Å². The van der Waals surface area contributed by atoms with Gasteiger partial charge in [0, 0.05) is 37.4 Å². The van der Waals surface area contributed by atoms with Crippen molar-refractivity contribution in [3.63, 3.8) is 0 Å². The Morgan fingerprint density at radius 1 is 0.981 bits per heavy atom. The highest BCUT2D eigenvalue weighted by molar-refractivity contribution is 6.74. The van der Waals surface area contributed by atoms with Crippen LogP contribution in [0.4, 0.5) is 23.8 Å². The number of benzene rings is 1. The van der Waals surface area contributed by atoms with Crippen LogP contribution >= 0.6 is 11.6 Å². The summed E-state index contributed by atoms with van der Waals surface area (Å²) in [5.74, 6) is -4.57. The molecular formula is C37H46ClF3N6O6Si. The number of carbonyl (C=O) groups excluding carboxylic acids is 1. The van der Waals surface area contributed by atoms with Gasteiger partial charge in [-0.05, 0) is 71.0 Å². The summed E-state index contributed by atoms with van der Waals surface area (Å²) in [5, 5.41) is 10.3. The number of aromatic nitrogens is 4. The Morgan fingerprint density at radius 2 is 1.65 bits per heavy atom. The first-order valence-corrected chi connectivity index (χ1v) is 20.8. The minimum absolute atomic E-state index is 0.0101. The second-order valence-electron chi connectivity index (χ2n) is 15.9. The van der Waals surface area contributed by atoms with E-state index in [1.807, 2.05) is 0 Å². The van der Waals surface area contributed by atoms with Crippen molar-refractivity contribution in [1.82, 2.24) is 24.4 Å². The molecule has 2 atom stereocenters. The summed E-state index contributed by atoms with van der Waals surface area (Å²) in [7, 11) is -2.13. The molecule has 1 amide bonds. The number of carbonyl (C=O) groups is 1. The summed E-state index contributed by atoms with van der Waals surface area (Å²) in [6.45, 7) is 20.0. The van der Waals surface area contributed by atoms with Gasteiger partial charge in [0.05, 0.1) is 17.6 Å². The number of hydrogen-bond donors (Lipinski definition) is 1. The third-order valence-electron chi connectivity index (χ3n) is 9.68. The second-order valence-corrected chi connectivity index (χ2v) is 21.1. The summed E-state index contributed by atoms with van der Waals surface area (Å²) in [6, 6.07) is 2.97. The van der Waals surface area contributed by atoms with E-state index in [4.69, 9.17) is 25.5 Å². The van der Waals surface area contributed by atoms with Gasteiger partial charge >= 0.3 is 11.8 Å². The minimum Gasteiger partial charge on any atom is -0.504 e. The van der Waals surface area contributed by atoms with Crippen LogP contribution in [0.5, 0.6) is 11.5 Å². The number of hydrogen-bond acceptors (Lipinski definition) is 10. The van der Waals surface area contributed by atoms with E-state index in [0.717, 1.165) is 16.7 Å². The molecule has 54 heavy (non-hydrogen) atoms. The van der Waals surface area contributed by atoms with Crippen LogP contribution in [-0.2, 0) is 9.16 Å². The molecule has 3 aromatic heterocycles. The highest BCUT2D eigenvalue weighted by Crippen LogP contribution is 2.40. The summed E-state index contributed by atoms with van der Waals surface area (Å²) >= 11 is 6.65. The van der Waals surface area contributed by atoms with E-state index < -0.39 is 72.2 Å². The molecule has 1 fully saturated rings. The fourth-order valence-corrected chi connectivity index (χ4v) is 7.12. The first-order valence-electron chi connectivity index (χ1n) is 17.5. The number of piperazine rings is 1. The molecule has 1 N–H and O–H groups in total. The van der Waals surface area contributed by atoms with Crippen molar-refractivity contribution in [2.24, 2.45) is 0 Å². The summed E-state index contributed by atoms with van der Waals surface area (Å²) in [4.78, 5) is 43.6. The molecule has 0 aliphatic carbocycles. The Kier molecular flexibility index (Phi) is 11.3. The number of fused-ring (bicyclic) bond motifs is 1. The Bertz CT molecular complexity index is 2140. The number of halogens is 4. The molecule has 4 heterocycles. The van der Waals surface area contributed by atoms with Gasteiger partial charge in [-0.15, -0.1) is 0 Å². The average Bonchev–Trinajstić information content (AvgIpc) is 3.05. The maximum Gasteiger partial charge on any atom is 0.410 e. The lowest BCUT2D eigenvalue weighted by Crippen LogP contribution is -2.59. The van der Waals surface area contributed by atoms with Gasteiger partial charge in [0.2, 0.25) is 0 Å². The molecule has 1 aliphatic heterocycles. The first kappa shape index (κ1) is 40.8. The second kappa shape index (κ2) is 15.0. The van der Waals surface area contributed by atoms with Gasteiger partial charge in [0.15, 0.2) is 36.5 Å². The highest BCUT2D eigenvalue weighted by Gasteiger charge is 2.38. The number of aromatic hydroxyl groups is 1. The number of ether oxygens (including phenoxy) is 2. The van der Waals surface area contributed by atoms with E-state index in [2.05, 4.69) is 48.8 Å². The van der Waals surface area contributed by atoms with Gasteiger partial charge in [-0.25, -0.2) is 37.3 Å². The summed E-state index contributed by atoms with van der Waals surface area (Å²) in [5.41, 5.74) is -3.65. The number of anilines is 1. The van der Waals surface area contributed by atoms with Crippen LogP contribution in [0, 0.1) is 17.5 Å². The Labute approximate surface area is 318 Å². The first-order chi connectivity index (χ1) is 25.0. The van der Waals surface area contributed by atoms with E-state index in [1.165, 1.54) is 12.3 Å². The van der Waals surface area contributed by atoms with Crippen molar-refractivity contribution in [3.8, 4) is 28.4 Å². The molecule has 5 rings (SSSR count). The standard InChI is InChI=1S/C37H46ClF3N6O6Si/c1-20-19-46(35(50)53-36(3,4)5)21(2)18-45(20)32-22-17-25(41)28(27-23(39)11-12-24(40)30(27)48)43-33(22)47(34(49)44-32)29-26(13-14-42-31(29)38)51-15-16-52-54(9,10)37(6,7)8/h11-14,17,20-21,48H,15-16,18-19H2,1-10H3/t20-,21+/m0/s1. The largest absolute Gasteiger partial charge is 0.504 e. The molecule has 0 saturated carbocycles. The lowest BCUT2D eigenvalue weighted by atomic mass is 10.1. The van der Waals surface area contributed by atoms with Crippen molar-refractivity contribution in [1.29, 1.82) is 0 Å². The van der Waals surface area contributed by atoms with E-state index >= 15 is 8.78 Å². The van der Waals surface area contributed by atoms with Crippen LogP contribution in [0.25, 0.3) is 28.0 Å². The molecular weight excluding hydrogens is 745 g/mol. The maximum absolute atomic E-state index is 16.2. The van der Waals surface area contributed by atoms with E-state index in [9.17, 15) is 19.1 Å². The SMILES string of the molecule is C[C@@H]1CN(c2nc(=O)n(-c3c(OCCO[Si](C)(C)C(C)(C)C)ccnc3Cl)c3nc(-c4c(F)ccc(F)c4O)c(F)cc23)[C@@H](C)CN1C(=O)OC(C)(C)C. The zero-order valence-corrected chi connectivity index (χ0v) is 33.8. The molecule has 0 unspecified atom stereocenters. The fourth-order valence-electron chi connectivity index (χ4n) is 5.86. The topological polar surface area (TPSA) is 132 Å². The van der Waals surface area contributed by atoms with Gasteiger partial charge in [-0.1, -0.05) is 32.4 Å². The van der Waals surface area contributed by atoms with Gasteiger partial charge in [0.25, 0.3) is 0 Å². The van der Waals surface area contributed by atoms with E-state index in [1.54, 1.807) is 44.4 Å². The zero-order valence-electron chi connectivity index (χ0n) is 32.1. The number of rotatable bonds is 8. The van der Waals surface area contributed by atoms with Crippen LogP contribution in [0.2, 0.25) is 23.3 Å². The smallest absolute Gasteiger partial charge is 0.410 e. The van der Waals surface area contributed by atoms with Crippen molar-refractivity contribution in [2.75, 3.05) is 31.2 Å². The number of phenolic OH excluding ortho intramolecular Hbond substituents is 1. The van der Waals surface area contributed by atoms with Crippen molar-refractivity contribution in [2.45, 2.75) is 91.2 Å². The van der Waals surface area contributed by atoms with Crippen LogP contribution in [0.1, 0.15) is 55.4 Å². The molecule has 4 aromatic rings. The number of phenols is 1. The molecule has 12 nitrogen and oxygen atoms in total. The van der Waals surface area contributed by atoms with E-state index in [-0.39, 0.29) is 64.8 Å². The van der Waals surface area contributed by atoms with Crippen LogP contribution in [-0.4, -0.2) is 87.9 Å². The number of amides is 1. The third-order valence-corrected chi connectivity index (χ3v) is 14.5. The predicted molar refractivity (Wildman–Crippen MR) is 203 cm³/mol. The molecule has 17 heteroatoms. The lowest BCUT2D eigenvalue weighted by Gasteiger charge is -2.44. The van der Waals surface area contributed by atoms with Crippen LogP contribution in [0.3, 0.4) is 0 Å². The summed E-state index contributed by atoms with van der Waals surface area (Å²) in [6.07, 6.45) is 0.856. The van der Waals surface area contributed by atoms with Gasteiger partial charge in [-0.3, -0.25) is 0 Å². The summed E-state index contributed by atoms with van der Waals surface area (Å²) < 4.78 is 64.8. The highest BCUT2D eigenvalue weighted by atomic mass is 35.5. The third kappa shape index (κ3) is 8.15. The van der Waals surface area contributed by atoms with Crippen molar-refractivity contribution < 1.29 is 37.0 Å². The molecule has 0 spiro atoms. The zero-order chi connectivity index (χ0) is 40.1. The Hall–Kier alpha value is -4.41. The van der Waals surface area contributed by atoms with Crippen molar-refractivity contribution >= 4 is 42.9 Å². The molecule has 292 valence electrons. The van der Waals surface area contributed by atoms with Crippen molar-refractivity contribution in [3.05, 3.63) is 63.6 Å².